The van der Waals surface area contributed by atoms with Crippen LogP contribution < -0.4 is 20.4 Å². The highest BCUT2D eigenvalue weighted by Gasteiger charge is 2.35. The Hall–Kier alpha value is -3.20. The number of anilines is 3. The molecular weight excluding hydrogens is 447 g/mol. The second-order valence-corrected chi connectivity index (χ2v) is 10.1. The fourth-order valence-electron chi connectivity index (χ4n) is 5.39. The lowest BCUT2D eigenvalue weighted by molar-refractivity contribution is -0.118. The lowest BCUT2D eigenvalue weighted by Crippen LogP contribution is -2.51. The summed E-state index contributed by atoms with van der Waals surface area (Å²) in [6.07, 6.45) is 6.98. The number of carbonyl (C=O) groups is 2. The summed E-state index contributed by atoms with van der Waals surface area (Å²) in [5, 5.41) is 5.96. The number of fused-ring (bicyclic) bond motifs is 3. The predicted octanol–water partition coefficient (Wildman–Crippen LogP) is 2.75. The van der Waals surface area contributed by atoms with Crippen molar-refractivity contribution in [3.05, 3.63) is 47.4 Å². The molecular formula is C26H31FN6O2. The van der Waals surface area contributed by atoms with Crippen molar-refractivity contribution < 1.29 is 14.0 Å². The van der Waals surface area contributed by atoms with Crippen molar-refractivity contribution in [2.75, 3.05) is 47.8 Å². The van der Waals surface area contributed by atoms with Crippen LogP contribution in [0.5, 0.6) is 0 Å². The van der Waals surface area contributed by atoms with E-state index in [2.05, 4.69) is 20.4 Å². The van der Waals surface area contributed by atoms with Gasteiger partial charge >= 0.3 is 0 Å². The van der Waals surface area contributed by atoms with E-state index < -0.39 is 0 Å². The maximum Gasteiger partial charge on any atom is 0.251 e. The molecule has 0 unspecified atom stereocenters. The van der Waals surface area contributed by atoms with Crippen molar-refractivity contribution in [3.8, 4) is 0 Å². The summed E-state index contributed by atoms with van der Waals surface area (Å²) >= 11 is 0. The molecule has 6 rings (SSSR count). The van der Waals surface area contributed by atoms with E-state index in [0.29, 0.717) is 24.3 Å². The summed E-state index contributed by atoms with van der Waals surface area (Å²) in [7, 11) is 0. The summed E-state index contributed by atoms with van der Waals surface area (Å²) in [5.74, 6) is 0.399. The van der Waals surface area contributed by atoms with Crippen molar-refractivity contribution in [3.63, 3.8) is 0 Å². The summed E-state index contributed by atoms with van der Waals surface area (Å²) < 4.78 is 14.8. The Labute approximate surface area is 204 Å². The molecule has 0 radical (unpaired) electrons. The van der Waals surface area contributed by atoms with Gasteiger partial charge in [0, 0.05) is 57.1 Å². The third-order valence-electron chi connectivity index (χ3n) is 7.50. The first kappa shape index (κ1) is 22.3. The average molecular weight is 479 g/mol. The third kappa shape index (κ3) is 4.57. The highest BCUT2D eigenvalue weighted by Crippen LogP contribution is 2.35. The molecule has 2 saturated heterocycles. The second kappa shape index (κ2) is 9.11. The predicted molar refractivity (Wildman–Crippen MR) is 132 cm³/mol. The summed E-state index contributed by atoms with van der Waals surface area (Å²) in [4.78, 5) is 36.0. The van der Waals surface area contributed by atoms with Gasteiger partial charge in [-0.15, -0.1) is 0 Å². The normalized spacial score (nSPS) is 22.3. The van der Waals surface area contributed by atoms with E-state index in [9.17, 15) is 14.0 Å². The first-order valence-corrected chi connectivity index (χ1v) is 12.7. The van der Waals surface area contributed by atoms with Gasteiger partial charge in [-0.25, -0.2) is 9.37 Å². The van der Waals surface area contributed by atoms with Crippen LogP contribution in [0.25, 0.3) is 0 Å². The minimum Gasteiger partial charge on any atom is -0.367 e. The number of benzene rings is 1. The van der Waals surface area contributed by atoms with Crippen molar-refractivity contribution in [1.29, 1.82) is 0 Å². The van der Waals surface area contributed by atoms with Crippen molar-refractivity contribution in [2.24, 2.45) is 0 Å². The lowest BCUT2D eigenvalue weighted by Gasteiger charge is -2.40. The zero-order valence-corrected chi connectivity index (χ0v) is 19.8. The zero-order valence-electron chi connectivity index (χ0n) is 19.8. The molecule has 184 valence electrons. The molecule has 2 amide bonds. The van der Waals surface area contributed by atoms with Gasteiger partial charge in [-0.1, -0.05) is 0 Å². The Morgan fingerprint density at radius 3 is 2.69 bits per heavy atom. The minimum atomic E-state index is -0.354. The van der Waals surface area contributed by atoms with Crippen LogP contribution in [0.1, 0.15) is 48.0 Å². The molecule has 2 aromatic rings. The van der Waals surface area contributed by atoms with E-state index in [0.717, 1.165) is 75.4 Å². The number of piperazine rings is 1. The van der Waals surface area contributed by atoms with Crippen molar-refractivity contribution in [2.45, 2.75) is 50.7 Å². The van der Waals surface area contributed by atoms with Crippen LogP contribution in [0.4, 0.5) is 21.6 Å². The highest BCUT2D eigenvalue weighted by atomic mass is 19.1. The average Bonchev–Trinajstić information content (AvgIpc) is 3.69. The van der Waals surface area contributed by atoms with Crippen molar-refractivity contribution in [1.82, 2.24) is 15.2 Å². The van der Waals surface area contributed by atoms with Gasteiger partial charge in [0.15, 0.2) is 5.82 Å². The van der Waals surface area contributed by atoms with E-state index in [-0.39, 0.29) is 29.7 Å². The first-order chi connectivity index (χ1) is 17.0. The summed E-state index contributed by atoms with van der Waals surface area (Å²) in [6.45, 7) is 4.60. The third-order valence-corrected chi connectivity index (χ3v) is 7.50. The monoisotopic (exact) mass is 478 g/mol. The van der Waals surface area contributed by atoms with Gasteiger partial charge < -0.3 is 20.4 Å². The Morgan fingerprint density at radius 2 is 1.91 bits per heavy atom. The van der Waals surface area contributed by atoms with Gasteiger partial charge in [0.25, 0.3) is 5.91 Å². The number of carbonyl (C=O) groups excluding carboxylic acids is 2. The number of hydrogen-bond donors (Lipinski definition) is 2. The molecule has 1 saturated carbocycles. The second-order valence-electron chi connectivity index (χ2n) is 10.1. The van der Waals surface area contributed by atoms with Crippen LogP contribution in [0.2, 0.25) is 0 Å². The largest absolute Gasteiger partial charge is 0.367 e. The number of hydrogen-bond acceptors (Lipinski definition) is 6. The van der Waals surface area contributed by atoms with Gasteiger partial charge in [0.1, 0.15) is 11.9 Å². The molecule has 1 aliphatic carbocycles. The number of rotatable bonds is 5. The molecule has 4 aliphatic rings. The molecule has 1 aromatic carbocycles. The van der Waals surface area contributed by atoms with Gasteiger partial charge in [0.05, 0.1) is 11.4 Å². The standard InChI is InChI=1S/C26H31FN6O2/c27-20-14-18(25(34)29-19-5-6-19)4-7-22(20)32-11-9-31(10-12-32)16-17-13-21-24(28-15-17)33-8-2-1-3-23(33)26(35)30-21/h4,7,13-15,19,23H,1-3,5-6,8-12,16H2,(H,29,34)(H,30,35)/t23-/m0/s1. The molecule has 3 fully saturated rings. The van der Waals surface area contributed by atoms with Gasteiger partial charge in [-0.3, -0.25) is 14.5 Å². The Bertz CT molecular complexity index is 1140. The Balaban J connectivity index is 1.07. The quantitative estimate of drug-likeness (QED) is 0.688. The fraction of sp³-hybridized carbons (Fsp3) is 0.500. The van der Waals surface area contributed by atoms with Crippen LogP contribution in [0, 0.1) is 5.82 Å². The SMILES string of the molecule is O=C(NC1CC1)c1ccc(N2CCN(Cc3cnc4c(c3)NC(=O)[C@@H]3CCCCN43)CC2)c(F)c1. The Kier molecular flexibility index (Phi) is 5.80. The number of piperidine rings is 1. The number of pyridine rings is 1. The first-order valence-electron chi connectivity index (χ1n) is 12.7. The smallest absolute Gasteiger partial charge is 0.251 e. The molecule has 0 spiro atoms. The molecule has 2 N–H and O–H groups in total. The molecule has 8 nitrogen and oxygen atoms in total. The van der Waals surface area contributed by atoms with E-state index in [1.165, 1.54) is 6.07 Å². The van der Waals surface area contributed by atoms with Crippen LogP contribution in [-0.4, -0.2) is 66.5 Å². The molecule has 4 heterocycles. The molecule has 1 atom stereocenters. The minimum absolute atomic E-state index is 0.0721. The molecule has 9 heteroatoms. The van der Waals surface area contributed by atoms with Crippen molar-refractivity contribution >= 4 is 29.0 Å². The van der Waals surface area contributed by atoms with E-state index >= 15 is 0 Å². The van der Waals surface area contributed by atoms with Gasteiger partial charge in [-0.2, -0.15) is 0 Å². The summed E-state index contributed by atoms with van der Waals surface area (Å²) in [5.41, 5.74) is 2.78. The molecule has 0 bridgehead atoms. The fourth-order valence-corrected chi connectivity index (χ4v) is 5.39. The lowest BCUT2D eigenvalue weighted by atomic mass is 9.99. The topological polar surface area (TPSA) is 80.8 Å². The number of halogens is 1. The molecule has 35 heavy (non-hydrogen) atoms. The van der Waals surface area contributed by atoms with Crippen LogP contribution in [-0.2, 0) is 11.3 Å². The molecule has 1 aromatic heterocycles. The van der Waals surface area contributed by atoms with Gasteiger partial charge in [0.2, 0.25) is 5.91 Å². The number of amides is 2. The van der Waals surface area contributed by atoms with Crippen LogP contribution in [0.15, 0.2) is 30.5 Å². The molecule has 3 aliphatic heterocycles. The van der Waals surface area contributed by atoms with Crippen LogP contribution in [0.3, 0.4) is 0 Å². The summed E-state index contributed by atoms with van der Waals surface area (Å²) in [6, 6.07) is 6.98. The number of nitrogens with zero attached hydrogens (tertiary/aromatic N) is 4. The van der Waals surface area contributed by atoms with E-state index in [4.69, 9.17) is 4.98 Å². The maximum atomic E-state index is 14.8. The number of aromatic nitrogens is 1. The Morgan fingerprint density at radius 1 is 1.09 bits per heavy atom. The van der Waals surface area contributed by atoms with E-state index in [1.807, 2.05) is 17.2 Å². The number of nitrogens with one attached hydrogen (secondary N) is 2. The highest BCUT2D eigenvalue weighted by molar-refractivity contribution is 6.03. The maximum absolute atomic E-state index is 14.8. The van der Waals surface area contributed by atoms with Gasteiger partial charge in [-0.05, 0) is 61.9 Å². The van der Waals surface area contributed by atoms with Crippen LogP contribution >= 0.6 is 0 Å². The zero-order chi connectivity index (χ0) is 23.9. The van der Waals surface area contributed by atoms with E-state index in [1.54, 1.807) is 12.1 Å².